The molecular weight excluding hydrogens is 252 g/mol. The summed E-state index contributed by atoms with van der Waals surface area (Å²) in [7, 11) is 3.41. The second-order valence-corrected chi connectivity index (χ2v) is 5.93. The Morgan fingerprint density at radius 3 is 2.45 bits per heavy atom. The second-order valence-electron chi connectivity index (χ2n) is 5.93. The summed E-state index contributed by atoms with van der Waals surface area (Å²) in [4.78, 5) is 15.9. The second kappa shape index (κ2) is 9.61. The summed E-state index contributed by atoms with van der Waals surface area (Å²) in [5.74, 6) is 0.780. The van der Waals surface area contributed by atoms with E-state index >= 15 is 0 Å². The van der Waals surface area contributed by atoms with Crippen LogP contribution in [0.3, 0.4) is 0 Å². The van der Waals surface area contributed by atoms with Gasteiger partial charge in [0.1, 0.15) is 0 Å². The molecule has 0 aromatic rings. The van der Waals surface area contributed by atoms with Gasteiger partial charge in [-0.25, -0.2) is 0 Å². The molecule has 0 aromatic carbocycles. The molecule has 0 heterocycles. The predicted molar refractivity (Wildman–Crippen MR) is 85.9 cm³/mol. The van der Waals surface area contributed by atoms with E-state index < -0.39 is 5.41 Å². The number of carbonyl (C=O) groups is 1. The van der Waals surface area contributed by atoms with Gasteiger partial charge in [0.2, 0.25) is 5.91 Å². The number of carbonyl (C=O) groups excluding carboxylic acids is 1. The first kappa shape index (κ1) is 18.7. The van der Waals surface area contributed by atoms with Crippen LogP contribution in [0.25, 0.3) is 0 Å². The molecular formula is C15H32N4O. The Bertz CT molecular complexity index is 313. The number of hydrogen-bond donors (Lipinski definition) is 3. The molecule has 5 nitrogen and oxygen atoms in total. The fourth-order valence-electron chi connectivity index (χ4n) is 1.92. The highest BCUT2D eigenvalue weighted by Crippen LogP contribution is 2.13. The van der Waals surface area contributed by atoms with E-state index in [9.17, 15) is 4.79 Å². The molecule has 0 radical (unpaired) electrons. The number of guanidine groups is 1. The van der Waals surface area contributed by atoms with Crippen molar-refractivity contribution in [2.24, 2.45) is 10.4 Å². The van der Waals surface area contributed by atoms with Gasteiger partial charge >= 0.3 is 0 Å². The van der Waals surface area contributed by atoms with E-state index in [-0.39, 0.29) is 5.91 Å². The van der Waals surface area contributed by atoms with Crippen LogP contribution in [0.4, 0.5) is 0 Å². The topological polar surface area (TPSA) is 65.5 Å². The minimum Gasteiger partial charge on any atom is -0.359 e. The van der Waals surface area contributed by atoms with Crippen LogP contribution in [0.15, 0.2) is 4.99 Å². The van der Waals surface area contributed by atoms with Gasteiger partial charge in [-0.05, 0) is 27.2 Å². The van der Waals surface area contributed by atoms with Gasteiger partial charge < -0.3 is 16.0 Å². The highest BCUT2D eigenvalue weighted by molar-refractivity contribution is 5.84. The Labute approximate surface area is 124 Å². The number of aliphatic imine (C=N–C) groups is 1. The van der Waals surface area contributed by atoms with Crippen LogP contribution in [-0.2, 0) is 4.79 Å². The summed E-state index contributed by atoms with van der Waals surface area (Å²) < 4.78 is 0. The van der Waals surface area contributed by atoms with Gasteiger partial charge in [-0.1, -0.05) is 26.2 Å². The molecule has 0 spiro atoms. The number of nitrogens with one attached hydrogen (secondary N) is 3. The summed E-state index contributed by atoms with van der Waals surface area (Å²) in [5, 5.41) is 9.27. The van der Waals surface area contributed by atoms with Crippen LogP contribution >= 0.6 is 0 Å². The average Bonchev–Trinajstić information content (AvgIpc) is 2.42. The zero-order valence-electron chi connectivity index (χ0n) is 14.0. The molecule has 5 heteroatoms. The van der Waals surface area contributed by atoms with Crippen molar-refractivity contribution >= 4 is 11.9 Å². The molecule has 0 rings (SSSR count). The number of hydrogen-bond acceptors (Lipinski definition) is 2. The maximum atomic E-state index is 11.7. The Kier molecular flexibility index (Phi) is 9.01. The van der Waals surface area contributed by atoms with Crippen molar-refractivity contribution in [2.45, 2.75) is 59.4 Å². The molecule has 0 aliphatic carbocycles. The minimum atomic E-state index is -0.460. The number of nitrogens with zero attached hydrogens (tertiary/aromatic N) is 1. The maximum Gasteiger partial charge on any atom is 0.227 e. The highest BCUT2D eigenvalue weighted by Gasteiger charge is 2.26. The third kappa shape index (κ3) is 7.36. The number of unbranched alkanes of at least 4 members (excludes halogenated alkanes) is 2. The van der Waals surface area contributed by atoms with Crippen molar-refractivity contribution in [3.05, 3.63) is 0 Å². The zero-order chi connectivity index (χ0) is 15.6. The molecule has 0 aliphatic rings. The van der Waals surface area contributed by atoms with Gasteiger partial charge in [0.25, 0.3) is 0 Å². The molecule has 1 amide bonds. The molecule has 1 atom stereocenters. The Morgan fingerprint density at radius 1 is 1.30 bits per heavy atom. The summed E-state index contributed by atoms with van der Waals surface area (Å²) in [5.41, 5.74) is -0.460. The molecule has 3 N–H and O–H groups in total. The van der Waals surface area contributed by atoms with Crippen molar-refractivity contribution in [1.29, 1.82) is 0 Å². The molecule has 0 aliphatic heterocycles. The molecule has 20 heavy (non-hydrogen) atoms. The lowest BCUT2D eigenvalue weighted by Gasteiger charge is -2.25. The van der Waals surface area contributed by atoms with E-state index in [1.165, 1.54) is 19.3 Å². The Balaban J connectivity index is 4.20. The van der Waals surface area contributed by atoms with Gasteiger partial charge in [-0.15, -0.1) is 0 Å². The van der Waals surface area contributed by atoms with Crippen molar-refractivity contribution in [3.63, 3.8) is 0 Å². The van der Waals surface area contributed by atoms with Gasteiger partial charge in [0.05, 0.1) is 5.41 Å². The molecule has 1 unspecified atom stereocenters. The van der Waals surface area contributed by atoms with Crippen molar-refractivity contribution in [2.75, 3.05) is 20.6 Å². The quantitative estimate of drug-likeness (QED) is 0.362. The largest absolute Gasteiger partial charge is 0.359 e. The van der Waals surface area contributed by atoms with Crippen molar-refractivity contribution < 1.29 is 4.79 Å². The molecule has 0 saturated heterocycles. The molecule has 0 bridgehead atoms. The summed E-state index contributed by atoms with van der Waals surface area (Å²) >= 11 is 0. The SMILES string of the molecule is CCCCCC(C)NC(=NC)NCC(C)(C)C(=O)NC. The zero-order valence-corrected chi connectivity index (χ0v) is 14.0. The Hall–Kier alpha value is -1.26. The van der Waals surface area contributed by atoms with E-state index in [1.807, 2.05) is 13.8 Å². The van der Waals surface area contributed by atoms with Gasteiger partial charge in [0, 0.05) is 26.7 Å². The summed E-state index contributed by atoms with van der Waals surface area (Å²) in [6, 6.07) is 0.385. The maximum absolute atomic E-state index is 11.7. The number of amides is 1. The van der Waals surface area contributed by atoms with Crippen molar-refractivity contribution in [3.8, 4) is 0 Å². The van der Waals surface area contributed by atoms with E-state index in [1.54, 1.807) is 14.1 Å². The van der Waals surface area contributed by atoms with Crippen LogP contribution in [0, 0.1) is 5.41 Å². The molecule has 0 fully saturated rings. The highest BCUT2D eigenvalue weighted by atomic mass is 16.2. The van der Waals surface area contributed by atoms with E-state index in [2.05, 4.69) is 34.8 Å². The lowest BCUT2D eigenvalue weighted by Crippen LogP contribution is -2.49. The molecule has 0 aromatic heterocycles. The lowest BCUT2D eigenvalue weighted by molar-refractivity contribution is -0.128. The first-order valence-corrected chi connectivity index (χ1v) is 7.56. The Morgan fingerprint density at radius 2 is 1.95 bits per heavy atom. The van der Waals surface area contributed by atoms with E-state index in [0.717, 1.165) is 12.4 Å². The van der Waals surface area contributed by atoms with Gasteiger partial charge in [0.15, 0.2) is 5.96 Å². The van der Waals surface area contributed by atoms with E-state index in [0.29, 0.717) is 12.6 Å². The average molecular weight is 284 g/mol. The monoisotopic (exact) mass is 284 g/mol. The van der Waals surface area contributed by atoms with Crippen LogP contribution in [0.1, 0.15) is 53.4 Å². The van der Waals surface area contributed by atoms with Crippen LogP contribution in [0.2, 0.25) is 0 Å². The predicted octanol–water partition coefficient (Wildman–Crippen LogP) is 1.89. The summed E-state index contributed by atoms with van der Waals surface area (Å²) in [6.07, 6.45) is 4.86. The first-order chi connectivity index (χ1) is 9.37. The standard InChI is InChI=1S/C15H32N4O/c1-7-8-9-10-12(2)19-14(17-6)18-11-15(3,4)13(20)16-5/h12H,7-11H2,1-6H3,(H,16,20)(H2,17,18,19). The lowest BCUT2D eigenvalue weighted by atomic mass is 9.92. The third-order valence-electron chi connectivity index (χ3n) is 3.39. The fraction of sp³-hybridized carbons (Fsp3) is 0.867. The molecule has 0 saturated carbocycles. The van der Waals surface area contributed by atoms with Gasteiger partial charge in [-0.2, -0.15) is 0 Å². The normalized spacial score (nSPS) is 13.8. The van der Waals surface area contributed by atoms with Crippen LogP contribution in [-0.4, -0.2) is 38.5 Å². The minimum absolute atomic E-state index is 0.0245. The van der Waals surface area contributed by atoms with Crippen LogP contribution in [0.5, 0.6) is 0 Å². The van der Waals surface area contributed by atoms with Crippen LogP contribution < -0.4 is 16.0 Å². The molecule has 118 valence electrons. The number of rotatable bonds is 8. The summed E-state index contributed by atoms with van der Waals surface area (Å²) in [6.45, 7) is 8.74. The smallest absolute Gasteiger partial charge is 0.227 e. The fourth-order valence-corrected chi connectivity index (χ4v) is 1.92. The van der Waals surface area contributed by atoms with E-state index in [4.69, 9.17) is 0 Å². The van der Waals surface area contributed by atoms with Crippen molar-refractivity contribution in [1.82, 2.24) is 16.0 Å². The van der Waals surface area contributed by atoms with Gasteiger partial charge in [-0.3, -0.25) is 9.79 Å². The first-order valence-electron chi connectivity index (χ1n) is 7.56. The third-order valence-corrected chi connectivity index (χ3v) is 3.39.